The number of likely N-dealkylation sites (N-methyl/N-ethyl adjacent to an activating group) is 1. The lowest BCUT2D eigenvalue weighted by Crippen LogP contribution is -2.39. The lowest BCUT2D eigenvalue weighted by atomic mass is 10.1. The zero-order valence-electron chi connectivity index (χ0n) is 17.4. The van der Waals surface area contributed by atoms with Crippen molar-refractivity contribution < 1.29 is 4.42 Å². The third-order valence-corrected chi connectivity index (χ3v) is 4.71. The van der Waals surface area contributed by atoms with Crippen molar-refractivity contribution in [2.45, 2.75) is 19.5 Å². The highest BCUT2D eigenvalue weighted by atomic mass is 16.3. The maximum atomic E-state index is 5.96. The molecule has 0 aliphatic carbocycles. The van der Waals surface area contributed by atoms with Crippen LogP contribution in [0.2, 0.25) is 0 Å². The van der Waals surface area contributed by atoms with Crippen molar-refractivity contribution in [2.24, 2.45) is 12.0 Å². The molecule has 7 nitrogen and oxygen atoms in total. The summed E-state index contributed by atoms with van der Waals surface area (Å²) in [6, 6.07) is 10.3. The van der Waals surface area contributed by atoms with Gasteiger partial charge in [0.05, 0.1) is 25.3 Å². The molecule has 0 amide bonds. The van der Waals surface area contributed by atoms with E-state index < -0.39 is 0 Å². The minimum atomic E-state index is 0.168. The number of fused-ring (bicyclic) bond motifs is 1. The van der Waals surface area contributed by atoms with E-state index in [1.165, 1.54) is 0 Å². The molecule has 28 heavy (non-hydrogen) atoms. The number of aliphatic imine (C=N–C) groups is 1. The molecule has 3 rings (SSSR count). The van der Waals surface area contributed by atoms with Gasteiger partial charge in [-0.3, -0.25) is 9.67 Å². The van der Waals surface area contributed by atoms with Crippen LogP contribution >= 0.6 is 0 Å². The van der Waals surface area contributed by atoms with E-state index >= 15 is 0 Å². The van der Waals surface area contributed by atoms with Crippen LogP contribution in [0.1, 0.15) is 24.3 Å². The second kappa shape index (κ2) is 8.93. The van der Waals surface area contributed by atoms with Crippen LogP contribution in [0.15, 0.2) is 52.1 Å². The van der Waals surface area contributed by atoms with Gasteiger partial charge in [-0.15, -0.1) is 0 Å². The highest BCUT2D eigenvalue weighted by Gasteiger charge is 2.17. The molecule has 0 bridgehead atoms. The molecule has 0 aliphatic rings. The molecule has 0 aliphatic heterocycles. The Kier molecular flexibility index (Phi) is 6.36. The van der Waals surface area contributed by atoms with Crippen molar-refractivity contribution >= 4 is 16.9 Å². The summed E-state index contributed by atoms with van der Waals surface area (Å²) >= 11 is 0. The third-order valence-electron chi connectivity index (χ3n) is 4.71. The Morgan fingerprint density at radius 3 is 2.71 bits per heavy atom. The molecule has 0 radical (unpaired) electrons. The van der Waals surface area contributed by atoms with Crippen LogP contribution in [0.5, 0.6) is 0 Å². The molecule has 0 fully saturated rings. The number of hydrogen-bond acceptors (Lipinski definition) is 4. The van der Waals surface area contributed by atoms with Gasteiger partial charge in [0.25, 0.3) is 0 Å². The summed E-state index contributed by atoms with van der Waals surface area (Å²) in [6.45, 7) is 4.18. The number of guanidine groups is 1. The zero-order valence-corrected chi connectivity index (χ0v) is 17.4. The Bertz CT molecular complexity index is 893. The van der Waals surface area contributed by atoms with Crippen molar-refractivity contribution in [3.05, 3.63) is 54.0 Å². The van der Waals surface area contributed by atoms with Crippen molar-refractivity contribution in [2.75, 3.05) is 34.2 Å². The number of nitrogens with zero attached hydrogens (tertiary/aromatic N) is 5. The summed E-state index contributed by atoms with van der Waals surface area (Å²) in [5.74, 6) is 1.78. The fourth-order valence-corrected chi connectivity index (χ4v) is 3.25. The van der Waals surface area contributed by atoms with Crippen molar-refractivity contribution in [1.82, 2.24) is 24.9 Å². The van der Waals surface area contributed by atoms with Crippen LogP contribution in [0.25, 0.3) is 11.0 Å². The van der Waals surface area contributed by atoms with E-state index in [9.17, 15) is 0 Å². The first kappa shape index (κ1) is 19.9. The highest BCUT2D eigenvalue weighted by molar-refractivity contribution is 5.80. The molecule has 1 atom stereocenters. The second-order valence-electron chi connectivity index (χ2n) is 7.23. The summed E-state index contributed by atoms with van der Waals surface area (Å²) in [7, 11) is 8.10. The molecule has 2 aromatic heterocycles. The van der Waals surface area contributed by atoms with Gasteiger partial charge in [-0.2, -0.15) is 5.10 Å². The molecule has 0 saturated heterocycles. The van der Waals surface area contributed by atoms with Crippen LogP contribution in [0, 0.1) is 0 Å². The molecule has 7 heteroatoms. The molecule has 0 saturated carbocycles. The number of para-hydroxylation sites is 1. The molecule has 1 unspecified atom stereocenters. The zero-order chi connectivity index (χ0) is 20.1. The predicted octanol–water partition coefficient (Wildman–Crippen LogP) is 2.87. The average Bonchev–Trinajstić information content (AvgIpc) is 3.26. The van der Waals surface area contributed by atoms with Gasteiger partial charge < -0.3 is 19.5 Å². The van der Waals surface area contributed by atoms with Crippen molar-refractivity contribution in [3.63, 3.8) is 0 Å². The van der Waals surface area contributed by atoms with Crippen LogP contribution in [0.3, 0.4) is 0 Å². The van der Waals surface area contributed by atoms with E-state index in [4.69, 9.17) is 9.41 Å². The Balaban J connectivity index is 1.74. The fraction of sp³-hybridized carbons (Fsp3) is 0.429. The van der Waals surface area contributed by atoms with Crippen LogP contribution < -0.4 is 5.32 Å². The van der Waals surface area contributed by atoms with Gasteiger partial charge in [0.1, 0.15) is 11.3 Å². The first-order chi connectivity index (χ1) is 13.5. The summed E-state index contributed by atoms with van der Waals surface area (Å²) in [5.41, 5.74) is 2.07. The van der Waals surface area contributed by atoms with Crippen LogP contribution in [0.4, 0.5) is 0 Å². The largest absolute Gasteiger partial charge is 0.459 e. The molecular weight excluding hydrogens is 352 g/mol. The molecule has 2 heterocycles. The number of aromatic nitrogens is 2. The van der Waals surface area contributed by atoms with Gasteiger partial charge in [-0.1, -0.05) is 18.2 Å². The van der Waals surface area contributed by atoms with Gasteiger partial charge in [-0.25, -0.2) is 0 Å². The summed E-state index contributed by atoms with van der Waals surface area (Å²) in [5, 5.41) is 8.80. The minimum Gasteiger partial charge on any atom is -0.459 e. The topological polar surface area (TPSA) is 61.8 Å². The molecule has 150 valence electrons. The number of hydrogen-bond donors (Lipinski definition) is 1. The van der Waals surface area contributed by atoms with Gasteiger partial charge in [0.2, 0.25) is 0 Å². The number of furan rings is 1. The Morgan fingerprint density at radius 2 is 2.07 bits per heavy atom. The monoisotopic (exact) mass is 382 g/mol. The van der Waals surface area contributed by atoms with Crippen LogP contribution in [-0.2, 0) is 13.6 Å². The molecule has 0 spiro atoms. The summed E-state index contributed by atoms with van der Waals surface area (Å²) in [6.07, 6.45) is 3.95. The Labute approximate surface area is 166 Å². The molecule has 1 N–H and O–H groups in total. The van der Waals surface area contributed by atoms with E-state index in [-0.39, 0.29) is 6.04 Å². The second-order valence-corrected chi connectivity index (χ2v) is 7.23. The van der Waals surface area contributed by atoms with E-state index in [1.807, 2.05) is 49.4 Å². The maximum absolute atomic E-state index is 5.96. The molecule has 1 aromatic carbocycles. The Hall–Kier alpha value is -2.80. The molecular formula is C21H30N6O. The van der Waals surface area contributed by atoms with Crippen molar-refractivity contribution in [1.29, 1.82) is 0 Å². The van der Waals surface area contributed by atoms with E-state index in [0.29, 0.717) is 13.1 Å². The average molecular weight is 383 g/mol. The summed E-state index contributed by atoms with van der Waals surface area (Å²) < 4.78 is 7.79. The SMILES string of the molecule is CCNC(=NCC(c1cnn(C)c1)N(C)C)N(C)Cc1cc2ccccc2o1. The first-order valence-electron chi connectivity index (χ1n) is 9.59. The number of aryl methyl sites for hydroxylation is 1. The summed E-state index contributed by atoms with van der Waals surface area (Å²) in [4.78, 5) is 9.15. The van der Waals surface area contributed by atoms with Gasteiger partial charge in [-0.05, 0) is 33.2 Å². The molecule has 3 aromatic rings. The van der Waals surface area contributed by atoms with Crippen LogP contribution in [-0.4, -0.2) is 59.8 Å². The number of nitrogens with one attached hydrogen (secondary N) is 1. The van der Waals surface area contributed by atoms with E-state index in [0.717, 1.165) is 34.8 Å². The minimum absolute atomic E-state index is 0.168. The maximum Gasteiger partial charge on any atom is 0.194 e. The predicted molar refractivity (Wildman–Crippen MR) is 113 cm³/mol. The van der Waals surface area contributed by atoms with Gasteiger partial charge in [0, 0.05) is 37.8 Å². The lowest BCUT2D eigenvalue weighted by Gasteiger charge is -2.24. The highest BCUT2D eigenvalue weighted by Crippen LogP contribution is 2.20. The van der Waals surface area contributed by atoms with E-state index in [2.05, 4.69) is 53.4 Å². The Morgan fingerprint density at radius 1 is 1.29 bits per heavy atom. The third kappa shape index (κ3) is 4.72. The first-order valence-corrected chi connectivity index (χ1v) is 9.59. The standard InChI is InChI=1S/C21H30N6O/c1-6-22-21(23-13-19(25(2)3)17-12-24-27(5)14-17)26(4)15-18-11-16-9-7-8-10-20(16)28-18/h7-12,14,19H,6,13,15H2,1-5H3,(H,22,23). The number of rotatable bonds is 7. The normalized spacial score (nSPS) is 13.3. The van der Waals surface area contributed by atoms with Gasteiger partial charge >= 0.3 is 0 Å². The van der Waals surface area contributed by atoms with Gasteiger partial charge in [0.15, 0.2) is 5.96 Å². The number of benzene rings is 1. The fourth-order valence-electron chi connectivity index (χ4n) is 3.25. The van der Waals surface area contributed by atoms with Crippen molar-refractivity contribution in [3.8, 4) is 0 Å². The quantitative estimate of drug-likeness (QED) is 0.503. The smallest absolute Gasteiger partial charge is 0.194 e. The van der Waals surface area contributed by atoms with E-state index in [1.54, 1.807) is 0 Å². The lowest BCUT2D eigenvalue weighted by molar-refractivity contribution is 0.304.